The van der Waals surface area contributed by atoms with Crippen molar-refractivity contribution in [3.63, 3.8) is 0 Å². The van der Waals surface area contributed by atoms with Crippen molar-refractivity contribution in [2.45, 2.75) is 16.3 Å². The monoisotopic (exact) mass is 368 g/mol. The van der Waals surface area contributed by atoms with Crippen LogP contribution in [0.25, 0.3) is 10.8 Å². The van der Waals surface area contributed by atoms with Gasteiger partial charge in [0.25, 0.3) is 0 Å². The number of likely N-dealkylation sites (N-methyl/N-ethyl adjacent to an activating group) is 1. The zero-order valence-electron chi connectivity index (χ0n) is 14.4. The molecule has 0 atom stereocenters. The predicted octanol–water partition coefficient (Wildman–Crippen LogP) is 2.51. The second kappa shape index (κ2) is 7.68. The summed E-state index contributed by atoms with van der Waals surface area (Å²) in [6, 6.07) is 19.1. The molecule has 5 nitrogen and oxygen atoms in total. The largest absolute Gasteiger partial charge is 0.351 e. The molecule has 0 radical (unpaired) electrons. The third-order valence-corrected chi connectivity index (χ3v) is 5.89. The van der Waals surface area contributed by atoms with Gasteiger partial charge < -0.3 is 10.6 Å². The zero-order chi connectivity index (χ0) is 18.6. The third-order valence-electron chi connectivity index (χ3n) is 4.12. The number of rotatable bonds is 6. The van der Waals surface area contributed by atoms with Crippen LogP contribution in [-0.4, -0.2) is 27.9 Å². The van der Waals surface area contributed by atoms with E-state index in [4.69, 9.17) is 0 Å². The highest BCUT2D eigenvalue weighted by atomic mass is 32.2. The van der Waals surface area contributed by atoms with Crippen molar-refractivity contribution in [1.29, 1.82) is 0 Å². The number of carbonyl (C=O) groups excluding carboxylic acids is 1. The van der Waals surface area contributed by atoms with E-state index in [2.05, 4.69) is 10.6 Å². The van der Waals surface area contributed by atoms with Gasteiger partial charge in [0, 0.05) is 6.54 Å². The fraction of sp³-hybridized carbons (Fsp3) is 0.150. The molecule has 3 aromatic carbocycles. The van der Waals surface area contributed by atoms with Crippen LogP contribution in [0.1, 0.15) is 5.56 Å². The highest BCUT2D eigenvalue weighted by Gasteiger charge is 2.17. The molecule has 0 saturated heterocycles. The molecule has 2 N–H and O–H groups in total. The number of benzene rings is 3. The van der Waals surface area contributed by atoms with Gasteiger partial charge in [-0.15, -0.1) is 0 Å². The van der Waals surface area contributed by atoms with E-state index < -0.39 is 9.84 Å². The van der Waals surface area contributed by atoms with Crippen molar-refractivity contribution in [1.82, 2.24) is 10.6 Å². The Bertz CT molecular complexity index is 1030. The number of carbonyl (C=O) groups is 1. The lowest BCUT2D eigenvalue weighted by Gasteiger charge is -2.10. The molecule has 0 saturated carbocycles. The Kier molecular flexibility index (Phi) is 5.35. The lowest BCUT2D eigenvalue weighted by Crippen LogP contribution is -2.31. The first kappa shape index (κ1) is 18.1. The summed E-state index contributed by atoms with van der Waals surface area (Å²) in [7, 11) is -1.84. The number of amides is 1. The van der Waals surface area contributed by atoms with E-state index in [1.54, 1.807) is 55.6 Å². The van der Waals surface area contributed by atoms with Crippen molar-refractivity contribution < 1.29 is 13.2 Å². The topological polar surface area (TPSA) is 75.3 Å². The maximum atomic E-state index is 12.8. The smallest absolute Gasteiger partial charge is 0.234 e. The highest BCUT2D eigenvalue weighted by Crippen LogP contribution is 2.26. The van der Waals surface area contributed by atoms with Gasteiger partial charge in [-0.3, -0.25) is 4.79 Å². The fourth-order valence-electron chi connectivity index (χ4n) is 2.80. The van der Waals surface area contributed by atoms with Gasteiger partial charge in [-0.25, -0.2) is 8.42 Å². The van der Waals surface area contributed by atoms with E-state index in [9.17, 15) is 13.2 Å². The van der Waals surface area contributed by atoms with Gasteiger partial charge in [-0.2, -0.15) is 0 Å². The first-order valence-electron chi connectivity index (χ1n) is 8.25. The SMILES string of the molecule is CNCC(=O)NCc1cccc2cc(S(=O)(=O)c3ccccc3)ccc12. The molecule has 26 heavy (non-hydrogen) atoms. The molecule has 0 aromatic heterocycles. The first-order chi connectivity index (χ1) is 12.5. The van der Waals surface area contributed by atoms with E-state index in [1.807, 2.05) is 18.2 Å². The van der Waals surface area contributed by atoms with Gasteiger partial charge in [0.2, 0.25) is 15.7 Å². The van der Waals surface area contributed by atoms with Crippen molar-refractivity contribution in [2.75, 3.05) is 13.6 Å². The number of fused-ring (bicyclic) bond motifs is 1. The molecule has 0 fully saturated rings. The molecular weight excluding hydrogens is 348 g/mol. The molecule has 3 aromatic rings. The van der Waals surface area contributed by atoms with Gasteiger partial charge >= 0.3 is 0 Å². The first-order valence-corrected chi connectivity index (χ1v) is 9.74. The average molecular weight is 368 g/mol. The summed E-state index contributed by atoms with van der Waals surface area (Å²) in [4.78, 5) is 12.2. The second-order valence-electron chi connectivity index (χ2n) is 5.92. The highest BCUT2D eigenvalue weighted by molar-refractivity contribution is 7.91. The minimum Gasteiger partial charge on any atom is -0.351 e. The van der Waals surface area contributed by atoms with Crippen molar-refractivity contribution >= 4 is 26.5 Å². The summed E-state index contributed by atoms with van der Waals surface area (Å²) in [6.45, 7) is 0.646. The van der Waals surface area contributed by atoms with Crippen molar-refractivity contribution in [2.24, 2.45) is 0 Å². The van der Waals surface area contributed by atoms with Crippen LogP contribution in [0.4, 0.5) is 0 Å². The standard InChI is InChI=1S/C20H20N2O3S/c1-21-14-20(23)22-13-16-7-5-6-15-12-18(10-11-19(15)16)26(24,25)17-8-3-2-4-9-17/h2-12,21H,13-14H2,1H3,(H,22,23). The molecular formula is C20H20N2O3S. The summed E-state index contributed by atoms with van der Waals surface area (Å²) >= 11 is 0. The summed E-state index contributed by atoms with van der Waals surface area (Å²) in [5.41, 5.74) is 0.940. The van der Waals surface area contributed by atoms with E-state index in [1.165, 1.54) is 0 Å². The molecule has 0 spiro atoms. The molecule has 0 unspecified atom stereocenters. The number of hydrogen-bond donors (Lipinski definition) is 2. The predicted molar refractivity (Wildman–Crippen MR) is 102 cm³/mol. The van der Waals surface area contributed by atoms with Crippen molar-refractivity contribution in [3.8, 4) is 0 Å². The van der Waals surface area contributed by atoms with Crippen molar-refractivity contribution in [3.05, 3.63) is 72.3 Å². The van der Waals surface area contributed by atoms with Gasteiger partial charge in [0.15, 0.2) is 0 Å². The molecule has 6 heteroatoms. The van der Waals surface area contributed by atoms with E-state index in [-0.39, 0.29) is 22.2 Å². The molecule has 134 valence electrons. The Labute approximate surface area is 153 Å². The summed E-state index contributed by atoms with van der Waals surface area (Å²) in [6.07, 6.45) is 0. The van der Waals surface area contributed by atoms with Crippen LogP contribution >= 0.6 is 0 Å². The van der Waals surface area contributed by atoms with Crippen LogP contribution in [0.5, 0.6) is 0 Å². The van der Waals surface area contributed by atoms with E-state index >= 15 is 0 Å². The molecule has 3 rings (SSSR count). The van der Waals surface area contributed by atoms with Crippen LogP contribution in [0.2, 0.25) is 0 Å². The Morgan fingerprint density at radius 3 is 2.42 bits per heavy atom. The van der Waals surface area contributed by atoms with Crippen LogP contribution in [0.3, 0.4) is 0 Å². The summed E-state index contributed by atoms with van der Waals surface area (Å²) in [5, 5.41) is 7.39. The van der Waals surface area contributed by atoms with Gasteiger partial charge in [0.1, 0.15) is 0 Å². The van der Waals surface area contributed by atoms with Gasteiger partial charge in [-0.1, -0.05) is 42.5 Å². The van der Waals surface area contributed by atoms with Crippen LogP contribution in [-0.2, 0) is 21.2 Å². The minimum atomic E-state index is -3.55. The average Bonchev–Trinajstić information content (AvgIpc) is 2.66. The fourth-order valence-corrected chi connectivity index (χ4v) is 4.12. The third kappa shape index (κ3) is 3.76. The van der Waals surface area contributed by atoms with Crippen LogP contribution in [0, 0.1) is 0 Å². The number of hydrogen-bond acceptors (Lipinski definition) is 4. The second-order valence-corrected chi connectivity index (χ2v) is 7.87. The van der Waals surface area contributed by atoms with E-state index in [0.717, 1.165) is 16.3 Å². The molecule has 0 heterocycles. The minimum absolute atomic E-state index is 0.0900. The van der Waals surface area contributed by atoms with Crippen LogP contribution < -0.4 is 10.6 Å². The molecule has 0 aliphatic heterocycles. The van der Waals surface area contributed by atoms with Gasteiger partial charge in [-0.05, 0) is 47.6 Å². The van der Waals surface area contributed by atoms with Gasteiger partial charge in [0.05, 0.1) is 16.3 Å². The normalized spacial score (nSPS) is 11.4. The summed E-state index contributed by atoms with van der Waals surface area (Å²) < 4.78 is 25.6. The summed E-state index contributed by atoms with van der Waals surface area (Å²) in [5.74, 6) is -0.0900. The number of nitrogens with one attached hydrogen (secondary N) is 2. The maximum absolute atomic E-state index is 12.8. The maximum Gasteiger partial charge on any atom is 0.234 e. The Morgan fingerprint density at radius 1 is 0.923 bits per heavy atom. The lowest BCUT2D eigenvalue weighted by molar-refractivity contribution is -0.120. The Balaban J connectivity index is 1.94. The zero-order valence-corrected chi connectivity index (χ0v) is 15.2. The van der Waals surface area contributed by atoms with E-state index in [0.29, 0.717) is 6.54 Å². The quantitative estimate of drug-likeness (QED) is 0.701. The molecule has 0 bridgehead atoms. The number of sulfone groups is 1. The van der Waals surface area contributed by atoms with Crippen LogP contribution in [0.15, 0.2) is 76.5 Å². The Hall–Kier alpha value is -2.70. The molecule has 1 amide bonds. The molecule has 0 aliphatic carbocycles. The lowest BCUT2D eigenvalue weighted by atomic mass is 10.0. The molecule has 0 aliphatic rings. The Morgan fingerprint density at radius 2 is 1.69 bits per heavy atom.